The fourth-order valence-corrected chi connectivity index (χ4v) is 2.70. The van der Waals surface area contributed by atoms with Crippen LogP contribution in [0.1, 0.15) is 33.9 Å². The Morgan fingerprint density at radius 2 is 2.04 bits per heavy atom. The number of hydrogen-bond acceptors (Lipinski definition) is 3. The first-order valence-corrected chi connectivity index (χ1v) is 7.18. The van der Waals surface area contributed by atoms with Crippen molar-refractivity contribution >= 4 is 11.6 Å². The Bertz CT molecular complexity index is 758. The molecule has 23 heavy (non-hydrogen) atoms. The molecule has 3 rings (SSSR count). The minimum Gasteiger partial charge on any atom is -0.307 e. The van der Waals surface area contributed by atoms with Crippen molar-refractivity contribution < 1.29 is 18.0 Å². The Hall–Kier alpha value is -2.44. The molecule has 0 radical (unpaired) electrons. The van der Waals surface area contributed by atoms with Gasteiger partial charge in [-0.05, 0) is 49.6 Å². The minimum absolute atomic E-state index is 0.241. The van der Waals surface area contributed by atoms with Gasteiger partial charge in [-0.25, -0.2) is 9.97 Å². The lowest BCUT2D eigenvalue weighted by atomic mass is 9.98. The van der Waals surface area contributed by atoms with Gasteiger partial charge in [0.2, 0.25) is 0 Å². The van der Waals surface area contributed by atoms with E-state index in [0.717, 1.165) is 12.1 Å². The normalized spacial score (nSPS) is 14.5. The number of hydrogen-bond donors (Lipinski definition) is 0. The van der Waals surface area contributed by atoms with Crippen molar-refractivity contribution in [3.63, 3.8) is 0 Å². The SMILES string of the molecule is Cc1nccc(C(=O)N2CCCc3cc(C(F)(F)F)ccc32)n1. The van der Waals surface area contributed by atoms with Crippen molar-refractivity contribution in [1.29, 1.82) is 0 Å². The van der Waals surface area contributed by atoms with E-state index in [2.05, 4.69) is 9.97 Å². The molecular formula is C16H14F3N3O. The number of carbonyl (C=O) groups is 1. The number of fused-ring (bicyclic) bond motifs is 1. The molecule has 0 atom stereocenters. The Morgan fingerprint density at radius 1 is 1.26 bits per heavy atom. The van der Waals surface area contributed by atoms with Crippen LogP contribution in [0.4, 0.5) is 18.9 Å². The van der Waals surface area contributed by atoms with Crippen molar-refractivity contribution in [2.45, 2.75) is 25.9 Å². The van der Waals surface area contributed by atoms with Gasteiger partial charge in [0, 0.05) is 18.4 Å². The number of amides is 1. The maximum atomic E-state index is 12.8. The van der Waals surface area contributed by atoms with Gasteiger partial charge in [0.15, 0.2) is 0 Å². The van der Waals surface area contributed by atoms with E-state index in [1.54, 1.807) is 6.92 Å². The summed E-state index contributed by atoms with van der Waals surface area (Å²) in [5.41, 5.74) is 0.601. The summed E-state index contributed by atoms with van der Waals surface area (Å²) in [6.07, 6.45) is -1.76. The molecule has 1 aromatic carbocycles. The molecule has 0 unspecified atom stereocenters. The first kappa shape index (κ1) is 15.5. The number of carbonyl (C=O) groups excluding carboxylic acids is 1. The summed E-state index contributed by atoms with van der Waals surface area (Å²) in [4.78, 5) is 22.1. The lowest BCUT2D eigenvalue weighted by Crippen LogP contribution is -2.36. The molecule has 0 N–H and O–H groups in total. The van der Waals surface area contributed by atoms with E-state index in [-0.39, 0.29) is 11.6 Å². The third-order valence-corrected chi connectivity index (χ3v) is 3.77. The third kappa shape index (κ3) is 3.04. The van der Waals surface area contributed by atoms with Gasteiger partial charge in [-0.3, -0.25) is 4.79 Å². The molecule has 1 amide bonds. The summed E-state index contributed by atoms with van der Waals surface area (Å²) < 4.78 is 38.5. The number of alkyl halides is 3. The zero-order valence-electron chi connectivity index (χ0n) is 12.4. The monoisotopic (exact) mass is 321 g/mol. The first-order chi connectivity index (χ1) is 10.9. The molecule has 1 aromatic heterocycles. The van der Waals surface area contributed by atoms with Crippen molar-refractivity contribution in [2.75, 3.05) is 11.4 Å². The molecule has 1 aliphatic heterocycles. The van der Waals surface area contributed by atoms with Gasteiger partial charge in [0.25, 0.3) is 5.91 Å². The molecule has 120 valence electrons. The fraction of sp³-hybridized carbons (Fsp3) is 0.312. The molecule has 2 aromatic rings. The van der Waals surface area contributed by atoms with E-state index in [1.807, 2.05) is 0 Å². The summed E-state index contributed by atoms with van der Waals surface area (Å²) in [6.45, 7) is 2.14. The van der Waals surface area contributed by atoms with Gasteiger partial charge < -0.3 is 4.90 Å². The number of nitrogens with zero attached hydrogens (tertiary/aromatic N) is 3. The van der Waals surface area contributed by atoms with Crippen LogP contribution < -0.4 is 4.90 Å². The summed E-state index contributed by atoms with van der Waals surface area (Å²) in [5.74, 6) is 0.150. The van der Waals surface area contributed by atoms with E-state index in [1.165, 1.54) is 23.2 Å². The zero-order chi connectivity index (χ0) is 16.6. The fourth-order valence-electron chi connectivity index (χ4n) is 2.70. The average molecular weight is 321 g/mol. The van der Waals surface area contributed by atoms with Gasteiger partial charge in [-0.15, -0.1) is 0 Å². The molecule has 0 spiro atoms. The van der Waals surface area contributed by atoms with E-state index in [9.17, 15) is 18.0 Å². The highest BCUT2D eigenvalue weighted by Crippen LogP contribution is 2.35. The van der Waals surface area contributed by atoms with Crippen molar-refractivity contribution in [2.24, 2.45) is 0 Å². The van der Waals surface area contributed by atoms with Crippen molar-refractivity contribution in [3.05, 3.63) is 53.1 Å². The summed E-state index contributed by atoms with van der Waals surface area (Å²) >= 11 is 0. The Morgan fingerprint density at radius 3 is 2.74 bits per heavy atom. The van der Waals surface area contributed by atoms with Crippen molar-refractivity contribution in [3.8, 4) is 0 Å². The molecule has 0 fully saturated rings. The number of rotatable bonds is 1. The molecule has 4 nitrogen and oxygen atoms in total. The highest BCUT2D eigenvalue weighted by atomic mass is 19.4. The number of aromatic nitrogens is 2. The first-order valence-electron chi connectivity index (χ1n) is 7.18. The van der Waals surface area contributed by atoms with Crippen molar-refractivity contribution in [1.82, 2.24) is 9.97 Å². The number of aryl methyl sites for hydroxylation is 2. The molecule has 7 heteroatoms. The van der Waals surface area contributed by atoms with Gasteiger partial charge in [-0.1, -0.05) is 0 Å². The molecule has 0 saturated carbocycles. The molecule has 0 bridgehead atoms. The molecule has 2 heterocycles. The van der Waals surface area contributed by atoms with Crippen LogP contribution in [0.5, 0.6) is 0 Å². The van der Waals surface area contributed by atoms with Crippen LogP contribution in [0.2, 0.25) is 0 Å². The second kappa shape index (κ2) is 5.64. The van der Waals surface area contributed by atoms with Crippen LogP contribution in [0, 0.1) is 6.92 Å². The molecular weight excluding hydrogens is 307 g/mol. The molecule has 0 saturated heterocycles. The van der Waals surface area contributed by atoms with E-state index in [0.29, 0.717) is 36.5 Å². The molecule has 0 aliphatic carbocycles. The highest BCUT2D eigenvalue weighted by Gasteiger charge is 2.33. The highest BCUT2D eigenvalue weighted by molar-refractivity contribution is 6.05. The van der Waals surface area contributed by atoms with E-state index < -0.39 is 11.7 Å². The van der Waals surface area contributed by atoms with Gasteiger partial charge in [0.1, 0.15) is 11.5 Å². The lowest BCUT2D eigenvalue weighted by Gasteiger charge is -2.29. The van der Waals surface area contributed by atoms with Crippen LogP contribution in [0.25, 0.3) is 0 Å². The van der Waals surface area contributed by atoms with Crippen LogP contribution in [-0.2, 0) is 12.6 Å². The van der Waals surface area contributed by atoms with Gasteiger partial charge in [0.05, 0.1) is 5.56 Å². The quantitative estimate of drug-likeness (QED) is 0.809. The van der Waals surface area contributed by atoms with Crippen LogP contribution >= 0.6 is 0 Å². The van der Waals surface area contributed by atoms with Crippen LogP contribution in [-0.4, -0.2) is 22.4 Å². The smallest absolute Gasteiger partial charge is 0.307 e. The van der Waals surface area contributed by atoms with Crippen LogP contribution in [0.15, 0.2) is 30.5 Å². The second-order valence-electron chi connectivity index (χ2n) is 5.39. The summed E-state index contributed by atoms with van der Waals surface area (Å²) in [5, 5.41) is 0. The van der Waals surface area contributed by atoms with E-state index >= 15 is 0 Å². The number of anilines is 1. The lowest BCUT2D eigenvalue weighted by molar-refractivity contribution is -0.137. The Labute approximate surface area is 131 Å². The number of halogens is 3. The van der Waals surface area contributed by atoms with Gasteiger partial charge in [-0.2, -0.15) is 13.2 Å². The van der Waals surface area contributed by atoms with E-state index in [4.69, 9.17) is 0 Å². The Balaban J connectivity index is 1.97. The number of benzene rings is 1. The average Bonchev–Trinajstić information content (AvgIpc) is 2.52. The van der Waals surface area contributed by atoms with Crippen LogP contribution in [0.3, 0.4) is 0 Å². The zero-order valence-corrected chi connectivity index (χ0v) is 12.4. The molecule has 1 aliphatic rings. The predicted octanol–water partition coefficient (Wildman–Crippen LogP) is 3.40. The largest absolute Gasteiger partial charge is 0.416 e. The second-order valence-corrected chi connectivity index (χ2v) is 5.39. The standard InChI is InChI=1S/C16H14F3N3O/c1-10-20-7-6-13(21-10)15(23)22-8-2-3-11-9-12(16(17,18)19)4-5-14(11)22/h4-7,9H,2-3,8H2,1H3. The summed E-state index contributed by atoms with van der Waals surface area (Å²) in [7, 11) is 0. The maximum absolute atomic E-state index is 12.8. The minimum atomic E-state index is -4.38. The predicted molar refractivity (Wildman–Crippen MR) is 78.2 cm³/mol. The van der Waals surface area contributed by atoms with Gasteiger partial charge >= 0.3 is 6.18 Å². The third-order valence-electron chi connectivity index (χ3n) is 3.77. The maximum Gasteiger partial charge on any atom is 0.416 e. The Kier molecular flexibility index (Phi) is 3.79. The summed E-state index contributed by atoms with van der Waals surface area (Å²) in [6, 6.07) is 5.01. The topological polar surface area (TPSA) is 46.1 Å².